The Morgan fingerprint density at radius 1 is 1.23 bits per heavy atom. The Hall–Kier alpha value is -1.35. The molecule has 0 aromatic carbocycles. The Balaban J connectivity index is 2.41. The third-order valence-corrected chi connectivity index (χ3v) is 1.93. The van der Waals surface area contributed by atoms with Crippen molar-refractivity contribution < 1.29 is 0 Å². The van der Waals surface area contributed by atoms with Gasteiger partial charge < -0.3 is 4.98 Å². The van der Waals surface area contributed by atoms with E-state index in [-0.39, 0.29) is 0 Å². The molecule has 0 spiro atoms. The van der Waals surface area contributed by atoms with Crippen LogP contribution in [0.4, 0.5) is 0 Å². The molecule has 2 heterocycles. The molecule has 2 aromatic heterocycles. The van der Waals surface area contributed by atoms with Crippen LogP contribution in [0.2, 0.25) is 5.15 Å². The van der Waals surface area contributed by atoms with Crippen LogP contribution in [0.3, 0.4) is 0 Å². The summed E-state index contributed by atoms with van der Waals surface area (Å²) >= 11 is 5.66. The molecule has 0 amide bonds. The topological polar surface area (TPSA) is 41.6 Å². The molecule has 0 saturated carbocycles. The van der Waals surface area contributed by atoms with E-state index in [0.717, 1.165) is 17.1 Å². The fourth-order valence-electron chi connectivity index (χ4n) is 1.08. The predicted molar refractivity (Wildman–Crippen MR) is 51.6 cm³/mol. The minimum absolute atomic E-state index is 0.493. The van der Waals surface area contributed by atoms with Crippen molar-refractivity contribution >= 4 is 11.6 Å². The molecule has 0 fully saturated rings. The maximum Gasteiger partial charge on any atom is 0.139 e. The Bertz CT molecular complexity index is 405. The van der Waals surface area contributed by atoms with Crippen LogP contribution < -0.4 is 0 Å². The summed E-state index contributed by atoms with van der Waals surface area (Å²) in [4.78, 5) is 11.3. The first-order valence-corrected chi connectivity index (χ1v) is 4.27. The molecule has 66 valence electrons. The van der Waals surface area contributed by atoms with Gasteiger partial charge in [-0.25, -0.2) is 9.97 Å². The van der Waals surface area contributed by atoms with Gasteiger partial charge >= 0.3 is 0 Å². The predicted octanol–water partition coefficient (Wildman–Crippen LogP) is 2.43. The number of aryl methyl sites for hydroxylation is 1. The Labute approximate surface area is 80.8 Å². The zero-order valence-electron chi connectivity index (χ0n) is 7.08. The molecule has 1 N–H and O–H groups in total. The molecule has 3 nitrogen and oxygen atoms in total. The Morgan fingerprint density at radius 3 is 2.62 bits per heavy atom. The van der Waals surface area contributed by atoms with E-state index in [2.05, 4.69) is 15.0 Å². The van der Waals surface area contributed by atoms with Crippen molar-refractivity contribution in [1.29, 1.82) is 0 Å². The number of rotatable bonds is 1. The normalized spacial score (nSPS) is 10.3. The maximum atomic E-state index is 5.66. The van der Waals surface area contributed by atoms with E-state index in [9.17, 15) is 0 Å². The number of pyridine rings is 1. The van der Waals surface area contributed by atoms with Gasteiger partial charge in [0.1, 0.15) is 11.0 Å². The largest absolute Gasteiger partial charge is 0.342 e. The number of hydrogen-bond acceptors (Lipinski definition) is 2. The molecule has 2 aromatic rings. The molecule has 13 heavy (non-hydrogen) atoms. The van der Waals surface area contributed by atoms with Crippen molar-refractivity contribution in [3.8, 4) is 11.4 Å². The van der Waals surface area contributed by atoms with E-state index in [1.165, 1.54) is 0 Å². The summed E-state index contributed by atoms with van der Waals surface area (Å²) in [5.74, 6) is 0.821. The van der Waals surface area contributed by atoms with Gasteiger partial charge in [0.05, 0.1) is 0 Å². The third-order valence-electron chi connectivity index (χ3n) is 1.70. The fourth-order valence-corrected chi connectivity index (χ4v) is 1.19. The van der Waals surface area contributed by atoms with Crippen LogP contribution in [0.15, 0.2) is 24.5 Å². The van der Waals surface area contributed by atoms with Crippen molar-refractivity contribution in [2.75, 3.05) is 0 Å². The van der Waals surface area contributed by atoms with Crippen molar-refractivity contribution in [1.82, 2.24) is 15.0 Å². The van der Waals surface area contributed by atoms with Crippen LogP contribution in [0.25, 0.3) is 11.4 Å². The quantitative estimate of drug-likeness (QED) is 0.707. The highest BCUT2D eigenvalue weighted by Crippen LogP contribution is 2.15. The smallest absolute Gasteiger partial charge is 0.139 e. The van der Waals surface area contributed by atoms with Gasteiger partial charge in [-0.2, -0.15) is 0 Å². The van der Waals surface area contributed by atoms with Gasteiger partial charge in [0.25, 0.3) is 0 Å². The summed E-state index contributed by atoms with van der Waals surface area (Å²) in [7, 11) is 0. The molecular weight excluding hydrogens is 186 g/mol. The first-order valence-electron chi connectivity index (χ1n) is 3.89. The van der Waals surface area contributed by atoms with Crippen LogP contribution in [0.5, 0.6) is 0 Å². The molecule has 2 rings (SSSR count). The highest BCUT2D eigenvalue weighted by atomic mass is 35.5. The molecule has 0 aliphatic heterocycles. The number of nitrogens with zero attached hydrogens (tertiary/aromatic N) is 2. The lowest BCUT2D eigenvalue weighted by Gasteiger charge is -1.94. The Morgan fingerprint density at radius 2 is 2.08 bits per heavy atom. The second-order valence-electron chi connectivity index (χ2n) is 2.78. The van der Waals surface area contributed by atoms with Gasteiger partial charge in [0, 0.05) is 23.7 Å². The van der Waals surface area contributed by atoms with Crippen LogP contribution in [0, 0.1) is 6.92 Å². The van der Waals surface area contributed by atoms with Crippen molar-refractivity contribution in [3.05, 3.63) is 35.4 Å². The van der Waals surface area contributed by atoms with Crippen LogP contribution in [-0.2, 0) is 0 Å². The monoisotopic (exact) mass is 193 g/mol. The lowest BCUT2D eigenvalue weighted by atomic mass is 10.3. The number of aromatic nitrogens is 3. The number of H-pyrrole nitrogens is 1. The standard InChI is InChI=1S/C9H8ClN3/c1-6-4-12-9(13-6)7-2-3-8(10)11-5-7/h2-5H,1H3,(H,12,13). The van der Waals surface area contributed by atoms with E-state index in [0.29, 0.717) is 5.15 Å². The summed E-state index contributed by atoms with van der Waals surface area (Å²) in [6.45, 7) is 1.96. The molecular formula is C9H8ClN3. The molecule has 0 unspecified atom stereocenters. The highest BCUT2D eigenvalue weighted by molar-refractivity contribution is 6.29. The average molecular weight is 194 g/mol. The van der Waals surface area contributed by atoms with E-state index < -0.39 is 0 Å². The van der Waals surface area contributed by atoms with Crippen molar-refractivity contribution in [2.24, 2.45) is 0 Å². The van der Waals surface area contributed by atoms with E-state index in [1.807, 2.05) is 13.0 Å². The number of hydrogen-bond donors (Lipinski definition) is 1. The van der Waals surface area contributed by atoms with Crippen LogP contribution in [0.1, 0.15) is 5.69 Å². The minimum Gasteiger partial charge on any atom is -0.342 e. The SMILES string of the molecule is Cc1cnc(-c2ccc(Cl)nc2)[nH]1. The summed E-state index contributed by atoms with van der Waals surface area (Å²) in [6.07, 6.45) is 3.48. The molecule has 0 bridgehead atoms. The van der Waals surface area contributed by atoms with Gasteiger partial charge in [-0.05, 0) is 19.1 Å². The average Bonchev–Trinajstić information content (AvgIpc) is 2.53. The number of nitrogens with one attached hydrogen (secondary N) is 1. The van der Waals surface area contributed by atoms with E-state index in [4.69, 9.17) is 11.6 Å². The van der Waals surface area contributed by atoms with Crippen LogP contribution in [-0.4, -0.2) is 15.0 Å². The molecule has 0 aliphatic rings. The molecule has 0 aliphatic carbocycles. The van der Waals surface area contributed by atoms with Gasteiger partial charge in [-0.3, -0.25) is 0 Å². The second kappa shape index (κ2) is 3.18. The highest BCUT2D eigenvalue weighted by Gasteiger charge is 2.00. The number of halogens is 1. The van der Waals surface area contributed by atoms with E-state index >= 15 is 0 Å². The number of aromatic amines is 1. The summed E-state index contributed by atoms with van der Waals surface area (Å²) < 4.78 is 0. The first-order chi connectivity index (χ1) is 6.25. The lowest BCUT2D eigenvalue weighted by molar-refractivity contribution is 1.23. The van der Waals surface area contributed by atoms with Gasteiger partial charge in [-0.15, -0.1) is 0 Å². The summed E-state index contributed by atoms with van der Waals surface area (Å²) in [5.41, 5.74) is 1.97. The molecule has 0 saturated heterocycles. The molecule has 4 heteroatoms. The minimum atomic E-state index is 0.493. The molecule has 0 radical (unpaired) electrons. The summed E-state index contributed by atoms with van der Waals surface area (Å²) in [6, 6.07) is 3.63. The maximum absolute atomic E-state index is 5.66. The Kier molecular flexibility index (Phi) is 2.02. The zero-order chi connectivity index (χ0) is 9.26. The van der Waals surface area contributed by atoms with E-state index in [1.54, 1.807) is 18.5 Å². The fraction of sp³-hybridized carbons (Fsp3) is 0.111. The van der Waals surface area contributed by atoms with Gasteiger partial charge in [0.2, 0.25) is 0 Å². The van der Waals surface area contributed by atoms with Crippen molar-refractivity contribution in [2.45, 2.75) is 6.92 Å². The van der Waals surface area contributed by atoms with Gasteiger partial charge in [-0.1, -0.05) is 11.6 Å². The third kappa shape index (κ3) is 1.70. The lowest BCUT2D eigenvalue weighted by Crippen LogP contribution is -1.82. The summed E-state index contributed by atoms with van der Waals surface area (Å²) in [5, 5.41) is 0.493. The first kappa shape index (κ1) is 8.26. The van der Waals surface area contributed by atoms with Crippen LogP contribution >= 0.6 is 11.6 Å². The van der Waals surface area contributed by atoms with Crippen molar-refractivity contribution in [3.63, 3.8) is 0 Å². The second-order valence-corrected chi connectivity index (χ2v) is 3.17. The number of imidazole rings is 1. The zero-order valence-corrected chi connectivity index (χ0v) is 7.84. The van der Waals surface area contributed by atoms with Gasteiger partial charge in [0.15, 0.2) is 0 Å². The molecule has 0 atom stereocenters.